The highest BCUT2D eigenvalue weighted by molar-refractivity contribution is 9.10. The van der Waals surface area contributed by atoms with Gasteiger partial charge in [0, 0.05) is 28.7 Å². The van der Waals surface area contributed by atoms with Crippen molar-refractivity contribution in [3.8, 4) is 0 Å². The van der Waals surface area contributed by atoms with Crippen LogP contribution in [0.15, 0.2) is 22.8 Å². The smallest absolute Gasteiger partial charge is 0.152 e. The first-order valence-corrected chi connectivity index (χ1v) is 4.82. The fourth-order valence-electron chi connectivity index (χ4n) is 1.56. The van der Waals surface area contributed by atoms with Gasteiger partial charge in [0.2, 0.25) is 0 Å². The zero-order valence-electron chi connectivity index (χ0n) is 7.42. The van der Waals surface area contributed by atoms with Crippen LogP contribution in [0.25, 0.3) is 10.9 Å². The molecule has 0 saturated carbocycles. The molecule has 14 heavy (non-hydrogen) atoms. The Hall–Kier alpha value is -1.16. The van der Waals surface area contributed by atoms with Crippen LogP contribution in [0.1, 0.15) is 10.4 Å². The van der Waals surface area contributed by atoms with Gasteiger partial charge < -0.3 is 4.57 Å². The van der Waals surface area contributed by atoms with Gasteiger partial charge in [0.1, 0.15) is 5.82 Å². The minimum Gasteiger partial charge on any atom is -0.350 e. The van der Waals surface area contributed by atoms with Crippen LogP contribution in [0.3, 0.4) is 0 Å². The van der Waals surface area contributed by atoms with Gasteiger partial charge in [-0.1, -0.05) is 15.9 Å². The summed E-state index contributed by atoms with van der Waals surface area (Å²) >= 11 is 3.21. The topological polar surface area (TPSA) is 22.0 Å². The molecule has 0 N–H and O–H groups in total. The molecule has 1 heterocycles. The Morgan fingerprint density at radius 3 is 2.86 bits per heavy atom. The molecule has 0 saturated heterocycles. The SMILES string of the molecule is Cn1cc(C=O)c2c(F)cc(Br)cc21. The summed E-state index contributed by atoms with van der Waals surface area (Å²) in [7, 11) is 1.78. The molecule has 1 aromatic heterocycles. The number of halogens is 2. The number of benzene rings is 1. The van der Waals surface area contributed by atoms with Gasteiger partial charge in [-0.3, -0.25) is 4.79 Å². The maximum atomic E-state index is 13.5. The minimum atomic E-state index is -0.378. The average molecular weight is 256 g/mol. The number of hydrogen-bond donors (Lipinski definition) is 0. The molecule has 2 rings (SSSR count). The van der Waals surface area contributed by atoms with E-state index in [4.69, 9.17) is 0 Å². The number of carbonyl (C=O) groups excluding carboxylic acids is 1. The van der Waals surface area contributed by atoms with Crippen LogP contribution < -0.4 is 0 Å². The Morgan fingerprint density at radius 2 is 2.21 bits per heavy atom. The summed E-state index contributed by atoms with van der Waals surface area (Å²) in [5.74, 6) is -0.378. The summed E-state index contributed by atoms with van der Waals surface area (Å²) in [5, 5.41) is 0.380. The summed E-state index contributed by atoms with van der Waals surface area (Å²) in [6, 6.07) is 3.14. The third-order valence-corrected chi connectivity index (χ3v) is 2.62. The number of aryl methyl sites for hydroxylation is 1. The van der Waals surface area contributed by atoms with E-state index in [0.717, 1.165) is 0 Å². The van der Waals surface area contributed by atoms with Crippen LogP contribution in [-0.2, 0) is 7.05 Å². The number of aromatic nitrogens is 1. The third-order valence-electron chi connectivity index (χ3n) is 2.16. The molecule has 0 radical (unpaired) electrons. The van der Waals surface area contributed by atoms with E-state index < -0.39 is 0 Å². The summed E-state index contributed by atoms with van der Waals surface area (Å²) in [6.07, 6.45) is 2.28. The van der Waals surface area contributed by atoms with Crippen LogP contribution in [-0.4, -0.2) is 10.9 Å². The van der Waals surface area contributed by atoms with Gasteiger partial charge >= 0.3 is 0 Å². The summed E-state index contributed by atoms with van der Waals surface area (Å²) in [4.78, 5) is 10.7. The van der Waals surface area contributed by atoms with Crippen LogP contribution >= 0.6 is 15.9 Å². The van der Waals surface area contributed by atoms with Gasteiger partial charge in [-0.2, -0.15) is 0 Å². The van der Waals surface area contributed by atoms with Crippen molar-refractivity contribution in [2.45, 2.75) is 0 Å². The van der Waals surface area contributed by atoms with E-state index in [2.05, 4.69) is 15.9 Å². The second kappa shape index (κ2) is 3.20. The van der Waals surface area contributed by atoms with Gasteiger partial charge in [0.15, 0.2) is 6.29 Å². The Bertz CT molecular complexity index is 518. The van der Waals surface area contributed by atoms with E-state index in [-0.39, 0.29) is 5.82 Å². The second-order valence-corrected chi connectivity index (χ2v) is 4.01. The summed E-state index contributed by atoms with van der Waals surface area (Å²) < 4.78 is 15.9. The quantitative estimate of drug-likeness (QED) is 0.719. The van der Waals surface area contributed by atoms with Gasteiger partial charge in [-0.05, 0) is 12.1 Å². The van der Waals surface area contributed by atoms with Crippen molar-refractivity contribution in [1.82, 2.24) is 4.57 Å². The molecular formula is C10H7BrFNO. The lowest BCUT2D eigenvalue weighted by molar-refractivity contribution is 0.112. The molecule has 0 amide bonds. The minimum absolute atomic E-state index is 0.378. The van der Waals surface area contributed by atoms with Crippen molar-refractivity contribution < 1.29 is 9.18 Å². The molecule has 0 aliphatic carbocycles. The Kier molecular flexibility index (Phi) is 2.15. The van der Waals surface area contributed by atoms with Crippen LogP contribution in [0.4, 0.5) is 4.39 Å². The predicted molar refractivity (Wildman–Crippen MR) is 56.0 cm³/mol. The molecule has 0 spiro atoms. The number of rotatable bonds is 1. The second-order valence-electron chi connectivity index (χ2n) is 3.09. The van der Waals surface area contributed by atoms with Crippen molar-refractivity contribution in [2.75, 3.05) is 0 Å². The summed E-state index contributed by atoms with van der Waals surface area (Å²) in [6.45, 7) is 0. The first kappa shape index (κ1) is 9.40. The zero-order valence-corrected chi connectivity index (χ0v) is 9.01. The van der Waals surface area contributed by atoms with Crippen molar-refractivity contribution in [1.29, 1.82) is 0 Å². The fourth-order valence-corrected chi connectivity index (χ4v) is 1.97. The largest absolute Gasteiger partial charge is 0.350 e. The maximum absolute atomic E-state index is 13.5. The molecule has 0 aliphatic rings. The number of hydrogen-bond acceptors (Lipinski definition) is 1. The van der Waals surface area contributed by atoms with Gasteiger partial charge in [0.25, 0.3) is 0 Å². The van der Waals surface area contributed by atoms with Crippen molar-refractivity contribution in [3.05, 3.63) is 34.2 Å². The first-order valence-electron chi connectivity index (χ1n) is 4.02. The van der Waals surface area contributed by atoms with E-state index in [0.29, 0.717) is 27.2 Å². The van der Waals surface area contributed by atoms with Gasteiger partial charge in [-0.15, -0.1) is 0 Å². The molecule has 0 unspecified atom stereocenters. The third kappa shape index (κ3) is 1.26. The van der Waals surface area contributed by atoms with E-state index >= 15 is 0 Å². The lowest BCUT2D eigenvalue weighted by Crippen LogP contribution is -1.85. The molecule has 0 fully saturated rings. The standard InChI is InChI=1S/C10H7BrFNO/c1-13-4-6(5-14)10-8(12)2-7(11)3-9(10)13/h2-5H,1H3. The predicted octanol–water partition coefficient (Wildman–Crippen LogP) is 2.89. The highest BCUT2D eigenvalue weighted by Gasteiger charge is 2.11. The highest BCUT2D eigenvalue weighted by Crippen LogP contribution is 2.26. The van der Waals surface area contributed by atoms with Crippen LogP contribution in [0, 0.1) is 5.82 Å². The van der Waals surface area contributed by atoms with Crippen molar-refractivity contribution in [3.63, 3.8) is 0 Å². The fraction of sp³-hybridized carbons (Fsp3) is 0.100. The molecule has 72 valence electrons. The number of carbonyl (C=O) groups is 1. The molecule has 0 aliphatic heterocycles. The monoisotopic (exact) mass is 255 g/mol. The lowest BCUT2D eigenvalue weighted by Gasteiger charge is -1.98. The summed E-state index contributed by atoms with van der Waals surface area (Å²) in [5.41, 5.74) is 1.09. The van der Waals surface area contributed by atoms with Crippen LogP contribution in [0.2, 0.25) is 0 Å². The maximum Gasteiger partial charge on any atom is 0.152 e. The van der Waals surface area contributed by atoms with Crippen LogP contribution in [0.5, 0.6) is 0 Å². The highest BCUT2D eigenvalue weighted by atomic mass is 79.9. The molecule has 1 aromatic carbocycles. The zero-order chi connectivity index (χ0) is 10.3. The average Bonchev–Trinajstić information content (AvgIpc) is 2.43. The van der Waals surface area contributed by atoms with Gasteiger partial charge in [0.05, 0.1) is 5.52 Å². The lowest BCUT2D eigenvalue weighted by atomic mass is 10.2. The number of fused-ring (bicyclic) bond motifs is 1. The molecule has 2 nitrogen and oxygen atoms in total. The van der Waals surface area contributed by atoms with E-state index in [1.807, 2.05) is 0 Å². The molecular weight excluding hydrogens is 249 g/mol. The Labute approximate surface area is 88.5 Å². The normalized spacial score (nSPS) is 10.8. The van der Waals surface area contributed by atoms with Crippen molar-refractivity contribution in [2.24, 2.45) is 7.05 Å². The van der Waals surface area contributed by atoms with Gasteiger partial charge in [-0.25, -0.2) is 4.39 Å². The molecule has 0 bridgehead atoms. The number of nitrogens with zero attached hydrogens (tertiary/aromatic N) is 1. The Balaban J connectivity index is 2.96. The van der Waals surface area contributed by atoms with E-state index in [1.54, 1.807) is 23.9 Å². The Morgan fingerprint density at radius 1 is 1.50 bits per heavy atom. The first-order chi connectivity index (χ1) is 6.63. The van der Waals surface area contributed by atoms with Crippen molar-refractivity contribution >= 4 is 33.1 Å². The number of aldehydes is 1. The van der Waals surface area contributed by atoms with E-state index in [1.165, 1.54) is 6.07 Å². The molecule has 0 atom stereocenters. The van der Waals surface area contributed by atoms with E-state index in [9.17, 15) is 9.18 Å². The molecule has 2 aromatic rings. The molecule has 4 heteroatoms.